The number of likely N-dealkylation sites (tertiary alicyclic amines) is 1. The van der Waals surface area contributed by atoms with Crippen molar-refractivity contribution in [1.82, 2.24) is 10.2 Å². The minimum absolute atomic E-state index is 0.513. The maximum atomic E-state index is 6.16. The topological polar surface area (TPSA) is 15.3 Å². The number of halogens is 1. The molecule has 2 aliphatic rings. The lowest BCUT2D eigenvalue weighted by atomic mass is 9.95. The van der Waals surface area contributed by atoms with Crippen LogP contribution >= 0.6 is 11.6 Å². The van der Waals surface area contributed by atoms with Gasteiger partial charge in [0.05, 0.1) is 0 Å². The predicted octanol–water partition coefficient (Wildman–Crippen LogP) is 3.33. The first kappa shape index (κ1) is 13.4. The molecule has 104 valence electrons. The standard InChI is InChI=1S/C16H23ClN2/c1-3-16(12-5-4-6-14(17)7-12)19-10-13-8-18-9-15(13)11(19)2/h4-7,11,13,15-16,18H,3,8-10H2,1-2H3. The average molecular weight is 279 g/mol. The van der Waals surface area contributed by atoms with Crippen molar-refractivity contribution in [2.45, 2.75) is 32.4 Å². The van der Waals surface area contributed by atoms with Gasteiger partial charge in [0.25, 0.3) is 0 Å². The Hall–Kier alpha value is -0.570. The van der Waals surface area contributed by atoms with Gasteiger partial charge in [-0.15, -0.1) is 0 Å². The predicted molar refractivity (Wildman–Crippen MR) is 80.5 cm³/mol. The second-order valence-corrected chi connectivity index (χ2v) is 6.44. The highest BCUT2D eigenvalue weighted by atomic mass is 35.5. The van der Waals surface area contributed by atoms with E-state index < -0.39 is 0 Å². The highest BCUT2D eigenvalue weighted by molar-refractivity contribution is 6.30. The van der Waals surface area contributed by atoms with E-state index in [4.69, 9.17) is 11.6 Å². The third-order valence-electron chi connectivity index (χ3n) is 5.00. The Labute approximate surface area is 121 Å². The Bertz CT molecular complexity index is 448. The van der Waals surface area contributed by atoms with Crippen molar-refractivity contribution in [3.63, 3.8) is 0 Å². The molecule has 3 rings (SSSR count). The van der Waals surface area contributed by atoms with Gasteiger partial charge >= 0.3 is 0 Å². The number of benzene rings is 1. The van der Waals surface area contributed by atoms with Gasteiger partial charge < -0.3 is 5.32 Å². The van der Waals surface area contributed by atoms with Gasteiger partial charge in [0.15, 0.2) is 0 Å². The SMILES string of the molecule is CCC(c1cccc(Cl)c1)N1CC2CNCC2C1C. The van der Waals surface area contributed by atoms with E-state index in [2.05, 4.69) is 42.3 Å². The monoisotopic (exact) mass is 278 g/mol. The largest absolute Gasteiger partial charge is 0.316 e. The minimum atomic E-state index is 0.513. The van der Waals surface area contributed by atoms with E-state index in [9.17, 15) is 0 Å². The quantitative estimate of drug-likeness (QED) is 0.912. The van der Waals surface area contributed by atoms with Gasteiger partial charge in [-0.2, -0.15) is 0 Å². The molecule has 1 aromatic carbocycles. The molecule has 2 nitrogen and oxygen atoms in total. The lowest BCUT2D eigenvalue weighted by molar-refractivity contribution is 0.166. The Morgan fingerprint density at radius 2 is 2.26 bits per heavy atom. The van der Waals surface area contributed by atoms with E-state index in [0.717, 1.165) is 23.3 Å². The first-order chi connectivity index (χ1) is 9.20. The van der Waals surface area contributed by atoms with Crippen LogP contribution < -0.4 is 5.32 Å². The maximum Gasteiger partial charge on any atom is 0.0409 e. The van der Waals surface area contributed by atoms with E-state index in [0.29, 0.717) is 12.1 Å². The fourth-order valence-corrected chi connectivity index (χ4v) is 4.19. The third-order valence-corrected chi connectivity index (χ3v) is 5.24. The molecule has 0 aliphatic carbocycles. The molecule has 0 aromatic heterocycles. The van der Waals surface area contributed by atoms with Crippen LogP contribution in [0.5, 0.6) is 0 Å². The second kappa shape index (κ2) is 5.43. The fourth-order valence-electron chi connectivity index (χ4n) is 3.99. The molecule has 0 bridgehead atoms. The zero-order valence-corrected chi connectivity index (χ0v) is 12.5. The summed E-state index contributed by atoms with van der Waals surface area (Å²) in [4.78, 5) is 2.70. The molecule has 1 N–H and O–H groups in total. The molecular formula is C16H23ClN2. The summed E-state index contributed by atoms with van der Waals surface area (Å²) < 4.78 is 0. The summed E-state index contributed by atoms with van der Waals surface area (Å²) >= 11 is 6.16. The van der Waals surface area contributed by atoms with Crippen molar-refractivity contribution in [2.75, 3.05) is 19.6 Å². The Morgan fingerprint density at radius 3 is 2.95 bits per heavy atom. The molecule has 19 heavy (non-hydrogen) atoms. The molecule has 1 aromatic rings. The van der Waals surface area contributed by atoms with Gasteiger partial charge in [0.2, 0.25) is 0 Å². The lowest BCUT2D eigenvalue weighted by Gasteiger charge is -2.33. The van der Waals surface area contributed by atoms with Crippen LogP contribution in [0.2, 0.25) is 5.02 Å². The Morgan fingerprint density at radius 1 is 1.42 bits per heavy atom. The summed E-state index contributed by atoms with van der Waals surface area (Å²) in [6.07, 6.45) is 1.15. The van der Waals surface area contributed by atoms with Gasteiger partial charge in [-0.3, -0.25) is 4.90 Å². The van der Waals surface area contributed by atoms with Crippen molar-refractivity contribution in [3.8, 4) is 0 Å². The molecule has 0 spiro atoms. The molecule has 2 fully saturated rings. The van der Waals surface area contributed by atoms with Gasteiger partial charge in [0.1, 0.15) is 0 Å². The zero-order valence-electron chi connectivity index (χ0n) is 11.8. The normalized spacial score (nSPS) is 32.5. The van der Waals surface area contributed by atoms with Crippen LogP contribution in [0, 0.1) is 11.8 Å². The number of hydrogen-bond donors (Lipinski definition) is 1. The molecule has 4 unspecified atom stereocenters. The van der Waals surface area contributed by atoms with E-state index in [1.165, 1.54) is 25.2 Å². The first-order valence-electron chi connectivity index (χ1n) is 7.42. The average Bonchev–Trinajstić information content (AvgIpc) is 2.96. The van der Waals surface area contributed by atoms with Crippen LogP contribution in [0.25, 0.3) is 0 Å². The van der Waals surface area contributed by atoms with Crippen LogP contribution in [0.1, 0.15) is 31.9 Å². The summed E-state index contributed by atoms with van der Waals surface area (Å²) in [5, 5.41) is 4.38. The van der Waals surface area contributed by atoms with Crippen molar-refractivity contribution in [3.05, 3.63) is 34.9 Å². The van der Waals surface area contributed by atoms with Crippen molar-refractivity contribution in [2.24, 2.45) is 11.8 Å². The number of nitrogens with zero attached hydrogens (tertiary/aromatic N) is 1. The van der Waals surface area contributed by atoms with E-state index in [1.807, 2.05) is 6.07 Å². The highest BCUT2D eigenvalue weighted by Crippen LogP contribution is 2.39. The molecule has 4 atom stereocenters. The molecule has 2 saturated heterocycles. The summed E-state index contributed by atoms with van der Waals surface area (Å²) in [6.45, 7) is 8.28. The fraction of sp³-hybridized carbons (Fsp3) is 0.625. The summed E-state index contributed by atoms with van der Waals surface area (Å²) in [5.41, 5.74) is 1.37. The molecule has 0 radical (unpaired) electrons. The van der Waals surface area contributed by atoms with Crippen LogP contribution in [0.3, 0.4) is 0 Å². The van der Waals surface area contributed by atoms with Crippen molar-refractivity contribution >= 4 is 11.6 Å². The number of fused-ring (bicyclic) bond motifs is 1. The molecule has 0 amide bonds. The molecule has 0 saturated carbocycles. The number of rotatable bonds is 3. The molecule has 2 aliphatic heterocycles. The smallest absolute Gasteiger partial charge is 0.0409 e. The maximum absolute atomic E-state index is 6.16. The lowest BCUT2D eigenvalue weighted by Crippen LogP contribution is -2.36. The van der Waals surface area contributed by atoms with Crippen molar-refractivity contribution < 1.29 is 0 Å². The van der Waals surface area contributed by atoms with Gasteiger partial charge in [0, 0.05) is 23.7 Å². The summed E-state index contributed by atoms with van der Waals surface area (Å²) in [5.74, 6) is 1.66. The summed E-state index contributed by atoms with van der Waals surface area (Å²) in [7, 11) is 0. The van der Waals surface area contributed by atoms with Crippen molar-refractivity contribution in [1.29, 1.82) is 0 Å². The Balaban J connectivity index is 1.83. The highest BCUT2D eigenvalue weighted by Gasteiger charge is 2.43. The molecule has 3 heteroatoms. The Kier molecular flexibility index (Phi) is 3.84. The van der Waals surface area contributed by atoms with Gasteiger partial charge in [-0.25, -0.2) is 0 Å². The van der Waals surface area contributed by atoms with E-state index >= 15 is 0 Å². The van der Waals surface area contributed by atoms with E-state index in [-0.39, 0.29) is 0 Å². The third kappa shape index (κ3) is 2.42. The zero-order chi connectivity index (χ0) is 13.4. The van der Waals surface area contributed by atoms with Crippen LogP contribution in [-0.4, -0.2) is 30.6 Å². The number of hydrogen-bond acceptors (Lipinski definition) is 2. The first-order valence-corrected chi connectivity index (χ1v) is 7.80. The van der Waals surface area contributed by atoms with Crippen LogP contribution in [0.15, 0.2) is 24.3 Å². The number of nitrogens with one attached hydrogen (secondary N) is 1. The van der Waals surface area contributed by atoms with Gasteiger partial charge in [-0.1, -0.05) is 30.7 Å². The molecule has 2 heterocycles. The van der Waals surface area contributed by atoms with E-state index in [1.54, 1.807) is 0 Å². The minimum Gasteiger partial charge on any atom is -0.316 e. The van der Waals surface area contributed by atoms with Gasteiger partial charge in [-0.05, 0) is 56.0 Å². The second-order valence-electron chi connectivity index (χ2n) is 6.00. The van der Waals surface area contributed by atoms with Crippen LogP contribution in [0.4, 0.5) is 0 Å². The van der Waals surface area contributed by atoms with Crippen LogP contribution in [-0.2, 0) is 0 Å². The molecular weight excluding hydrogens is 256 g/mol. The summed E-state index contributed by atoms with van der Waals surface area (Å²) in [6, 6.07) is 9.57.